The zero-order chi connectivity index (χ0) is 9.26. The van der Waals surface area contributed by atoms with Gasteiger partial charge in [0.15, 0.2) is 0 Å². The lowest BCUT2D eigenvalue weighted by molar-refractivity contribution is 0.104. The van der Waals surface area contributed by atoms with E-state index in [2.05, 4.69) is 21.5 Å². The minimum absolute atomic E-state index is 0.141. The van der Waals surface area contributed by atoms with Crippen LogP contribution in [0.5, 0.6) is 0 Å². The second-order valence-electron chi connectivity index (χ2n) is 2.58. The van der Waals surface area contributed by atoms with Crippen LogP contribution in [-0.2, 0) is 0 Å². The summed E-state index contributed by atoms with van der Waals surface area (Å²) in [6.07, 6.45) is 4.35. The molecule has 0 bridgehead atoms. The second-order valence-corrected chi connectivity index (χ2v) is 2.58. The molecule has 0 fully saturated rings. The molecule has 2 aromatic heterocycles. The Morgan fingerprint density at radius 2 is 2.46 bits per heavy atom. The molecule has 2 rings (SSSR count). The third-order valence-electron chi connectivity index (χ3n) is 1.74. The van der Waals surface area contributed by atoms with Gasteiger partial charge in [0.25, 0.3) is 0 Å². The van der Waals surface area contributed by atoms with Gasteiger partial charge in [0.1, 0.15) is 12.0 Å². The fraction of sp³-hybridized carbons (Fsp3) is 0. The first-order valence-electron chi connectivity index (χ1n) is 3.77. The normalized spacial score (nSPS) is 10.2. The van der Waals surface area contributed by atoms with Gasteiger partial charge in [0.2, 0.25) is 5.78 Å². The van der Waals surface area contributed by atoms with E-state index in [4.69, 9.17) is 0 Å². The van der Waals surface area contributed by atoms with E-state index in [0.29, 0.717) is 11.3 Å². The molecule has 2 aromatic rings. The highest BCUT2D eigenvalue weighted by atomic mass is 16.1. The first kappa shape index (κ1) is 7.67. The van der Waals surface area contributed by atoms with E-state index in [-0.39, 0.29) is 5.78 Å². The zero-order valence-electron chi connectivity index (χ0n) is 6.82. The summed E-state index contributed by atoms with van der Waals surface area (Å²) in [5, 5.41) is 0.827. The van der Waals surface area contributed by atoms with Crippen molar-refractivity contribution < 1.29 is 4.79 Å². The Morgan fingerprint density at radius 3 is 3.15 bits per heavy atom. The Morgan fingerprint density at radius 1 is 1.62 bits per heavy atom. The number of carbonyl (C=O) groups is 1. The molecule has 0 saturated heterocycles. The van der Waals surface area contributed by atoms with Crippen LogP contribution in [0.3, 0.4) is 0 Å². The molecule has 1 N–H and O–H groups in total. The van der Waals surface area contributed by atoms with Crippen molar-refractivity contribution >= 4 is 16.8 Å². The molecule has 64 valence electrons. The van der Waals surface area contributed by atoms with Gasteiger partial charge in [-0.1, -0.05) is 6.58 Å². The molecule has 0 aromatic carbocycles. The predicted octanol–water partition coefficient (Wildman–Crippen LogP) is 1.33. The van der Waals surface area contributed by atoms with E-state index in [1.165, 1.54) is 12.4 Å². The van der Waals surface area contributed by atoms with Crippen LogP contribution in [0.4, 0.5) is 0 Å². The maximum atomic E-state index is 11.2. The van der Waals surface area contributed by atoms with Crippen LogP contribution in [-0.4, -0.2) is 20.7 Å². The van der Waals surface area contributed by atoms with Gasteiger partial charge in [0, 0.05) is 11.6 Å². The van der Waals surface area contributed by atoms with Gasteiger partial charge in [-0.25, -0.2) is 9.97 Å². The van der Waals surface area contributed by atoms with Crippen molar-refractivity contribution in [3.05, 3.63) is 36.9 Å². The molecular formula is C9H7N3O. The van der Waals surface area contributed by atoms with Crippen molar-refractivity contribution in [2.24, 2.45) is 0 Å². The lowest BCUT2D eigenvalue weighted by Crippen LogP contribution is -1.92. The number of rotatable bonds is 2. The topological polar surface area (TPSA) is 58.6 Å². The van der Waals surface area contributed by atoms with Crippen LogP contribution in [0.25, 0.3) is 11.0 Å². The number of allylic oxidation sites excluding steroid dienone is 1. The standard InChI is InChI=1S/C9H7N3O/c1-2-8(13)7-3-6-4-10-5-11-9(6)12-7/h2-5H,1H2,(H,10,11,12). The number of nitrogens with zero attached hydrogens (tertiary/aromatic N) is 2. The smallest absolute Gasteiger partial charge is 0.201 e. The Labute approximate surface area is 74.3 Å². The lowest BCUT2D eigenvalue weighted by Gasteiger charge is -1.85. The first-order valence-corrected chi connectivity index (χ1v) is 3.77. The third kappa shape index (κ3) is 1.22. The van der Waals surface area contributed by atoms with Crippen LogP contribution < -0.4 is 0 Å². The molecule has 13 heavy (non-hydrogen) atoms. The van der Waals surface area contributed by atoms with Crippen molar-refractivity contribution in [2.75, 3.05) is 0 Å². The number of fused-ring (bicyclic) bond motifs is 1. The van der Waals surface area contributed by atoms with E-state index in [0.717, 1.165) is 5.39 Å². The van der Waals surface area contributed by atoms with Gasteiger partial charge in [-0.15, -0.1) is 0 Å². The summed E-state index contributed by atoms with van der Waals surface area (Å²) in [6.45, 7) is 3.40. The van der Waals surface area contributed by atoms with E-state index in [1.807, 2.05) is 0 Å². The van der Waals surface area contributed by atoms with Gasteiger partial charge >= 0.3 is 0 Å². The zero-order valence-corrected chi connectivity index (χ0v) is 6.82. The van der Waals surface area contributed by atoms with E-state index < -0.39 is 0 Å². The average Bonchev–Trinajstić information content (AvgIpc) is 2.59. The number of aromatic amines is 1. The highest BCUT2D eigenvalue weighted by Gasteiger charge is 2.05. The van der Waals surface area contributed by atoms with Crippen LogP contribution in [0.1, 0.15) is 10.5 Å². The maximum Gasteiger partial charge on any atom is 0.201 e. The van der Waals surface area contributed by atoms with Crippen molar-refractivity contribution in [1.29, 1.82) is 0 Å². The van der Waals surface area contributed by atoms with Gasteiger partial charge in [-0.3, -0.25) is 4.79 Å². The Hall–Kier alpha value is -1.97. The van der Waals surface area contributed by atoms with E-state index in [9.17, 15) is 4.79 Å². The molecule has 0 amide bonds. The third-order valence-corrected chi connectivity index (χ3v) is 1.74. The Bertz CT molecular complexity index is 439. The summed E-state index contributed by atoms with van der Waals surface area (Å²) >= 11 is 0. The number of H-pyrrole nitrogens is 1. The molecule has 4 nitrogen and oxygen atoms in total. The Balaban J connectivity index is 2.62. The fourth-order valence-corrected chi connectivity index (χ4v) is 1.11. The number of hydrogen-bond acceptors (Lipinski definition) is 3. The van der Waals surface area contributed by atoms with Crippen molar-refractivity contribution in [3.8, 4) is 0 Å². The van der Waals surface area contributed by atoms with E-state index in [1.54, 1.807) is 12.3 Å². The predicted molar refractivity (Wildman–Crippen MR) is 48.4 cm³/mol. The van der Waals surface area contributed by atoms with Crippen LogP contribution in [0.15, 0.2) is 31.2 Å². The molecule has 0 aliphatic carbocycles. The Kier molecular flexibility index (Phi) is 1.66. The van der Waals surface area contributed by atoms with Gasteiger partial charge < -0.3 is 4.98 Å². The molecule has 0 aliphatic heterocycles. The SMILES string of the molecule is C=CC(=O)c1cc2cncnc2[nH]1. The minimum Gasteiger partial charge on any atom is -0.336 e. The molecule has 0 radical (unpaired) electrons. The van der Waals surface area contributed by atoms with Gasteiger partial charge in [-0.05, 0) is 12.1 Å². The first-order chi connectivity index (χ1) is 6.31. The van der Waals surface area contributed by atoms with Crippen LogP contribution in [0, 0.1) is 0 Å². The number of hydrogen-bond donors (Lipinski definition) is 1. The van der Waals surface area contributed by atoms with Crippen LogP contribution >= 0.6 is 0 Å². The number of ketones is 1. The molecule has 0 unspecified atom stereocenters. The highest BCUT2D eigenvalue weighted by Crippen LogP contribution is 2.11. The highest BCUT2D eigenvalue weighted by molar-refractivity contribution is 6.05. The molecular weight excluding hydrogens is 166 g/mol. The monoisotopic (exact) mass is 173 g/mol. The second kappa shape index (κ2) is 2.82. The van der Waals surface area contributed by atoms with Crippen molar-refractivity contribution in [3.63, 3.8) is 0 Å². The number of aromatic nitrogens is 3. The summed E-state index contributed by atoms with van der Waals surface area (Å²) in [5.41, 5.74) is 1.16. The number of carbonyl (C=O) groups excluding carboxylic acids is 1. The summed E-state index contributed by atoms with van der Waals surface area (Å²) in [7, 11) is 0. The quantitative estimate of drug-likeness (QED) is 0.550. The molecule has 0 spiro atoms. The van der Waals surface area contributed by atoms with Crippen molar-refractivity contribution in [1.82, 2.24) is 15.0 Å². The average molecular weight is 173 g/mol. The summed E-state index contributed by atoms with van der Waals surface area (Å²) in [6, 6.07) is 1.71. The largest absolute Gasteiger partial charge is 0.336 e. The summed E-state index contributed by atoms with van der Waals surface area (Å²) in [4.78, 5) is 21.9. The summed E-state index contributed by atoms with van der Waals surface area (Å²) in [5.74, 6) is -0.141. The molecule has 4 heteroatoms. The summed E-state index contributed by atoms with van der Waals surface area (Å²) < 4.78 is 0. The van der Waals surface area contributed by atoms with E-state index >= 15 is 0 Å². The fourth-order valence-electron chi connectivity index (χ4n) is 1.11. The molecule has 0 aliphatic rings. The minimum atomic E-state index is -0.141. The molecule has 0 saturated carbocycles. The number of nitrogens with one attached hydrogen (secondary N) is 1. The maximum absolute atomic E-state index is 11.2. The molecule has 2 heterocycles. The van der Waals surface area contributed by atoms with Gasteiger partial charge in [0.05, 0.1) is 5.69 Å². The van der Waals surface area contributed by atoms with Crippen LogP contribution in [0.2, 0.25) is 0 Å². The molecule has 0 atom stereocenters. The lowest BCUT2D eigenvalue weighted by atomic mass is 10.3. The van der Waals surface area contributed by atoms with Crippen molar-refractivity contribution in [2.45, 2.75) is 0 Å². The van der Waals surface area contributed by atoms with Gasteiger partial charge in [-0.2, -0.15) is 0 Å².